The van der Waals surface area contributed by atoms with Crippen molar-refractivity contribution in [1.82, 2.24) is 4.40 Å². The van der Waals surface area contributed by atoms with Gasteiger partial charge in [-0.15, -0.1) is 0 Å². The van der Waals surface area contributed by atoms with Crippen LogP contribution in [0.3, 0.4) is 0 Å². The molecule has 2 heterocycles. The van der Waals surface area contributed by atoms with Gasteiger partial charge in [-0.25, -0.2) is 0 Å². The second kappa shape index (κ2) is 9.58. The maximum Gasteiger partial charge on any atom is 0.230 e. The van der Waals surface area contributed by atoms with Crippen molar-refractivity contribution in [3.8, 4) is 22.3 Å². The monoisotopic (exact) mass is 526 g/mol. The number of para-hydroxylation sites is 3. The van der Waals surface area contributed by atoms with Crippen molar-refractivity contribution in [3.63, 3.8) is 0 Å². The van der Waals surface area contributed by atoms with Gasteiger partial charge in [-0.05, 0) is 64.7 Å². The Morgan fingerprint density at radius 2 is 0.878 bits per heavy atom. The molecule has 0 bridgehead atoms. The number of hydrogen-bond donors (Lipinski definition) is 0. The minimum absolute atomic E-state index is 0.826. The molecule has 2 aromatic heterocycles. The smallest absolute Gasteiger partial charge is 0.230 e. The Balaban J connectivity index is 1.36. The van der Waals surface area contributed by atoms with E-state index in [1.54, 1.807) is 0 Å². The van der Waals surface area contributed by atoms with Crippen molar-refractivity contribution in [2.75, 3.05) is 4.90 Å². The summed E-state index contributed by atoms with van der Waals surface area (Å²) in [4.78, 5) is 2.32. The average Bonchev–Trinajstić information content (AvgIpc) is 3.58. The molecule has 0 aliphatic rings. The van der Waals surface area contributed by atoms with Crippen molar-refractivity contribution < 1.29 is 4.42 Å². The molecule has 0 atom stereocenters. The zero-order valence-corrected chi connectivity index (χ0v) is 22.3. The molecule has 0 aliphatic carbocycles. The third-order valence-electron chi connectivity index (χ3n) is 7.81. The second-order valence-corrected chi connectivity index (χ2v) is 10.2. The van der Waals surface area contributed by atoms with E-state index in [1.165, 1.54) is 22.3 Å². The Morgan fingerprint density at radius 3 is 1.46 bits per heavy atom. The molecule has 8 rings (SSSR count). The molecule has 6 aromatic carbocycles. The lowest BCUT2D eigenvalue weighted by Gasteiger charge is -2.25. The zero-order chi connectivity index (χ0) is 27.2. The van der Waals surface area contributed by atoms with Crippen LogP contribution < -0.4 is 4.90 Å². The molecule has 0 saturated heterocycles. The molecular weight excluding hydrogens is 500 g/mol. The van der Waals surface area contributed by atoms with E-state index >= 15 is 0 Å². The number of fused-ring (bicyclic) bond motifs is 5. The highest BCUT2D eigenvalue weighted by molar-refractivity contribution is 6.08. The summed E-state index contributed by atoms with van der Waals surface area (Å²) in [6.07, 6.45) is 0. The van der Waals surface area contributed by atoms with Crippen LogP contribution in [-0.2, 0) is 0 Å². The van der Waals surface area contributed by atoms with Gasteiger partial charge in [-0.1, -0.05) is 115 Å². The highest BCUT2D eigenvalue weighted by Gasteiger charge is 2.25. The van der Waals surface area contributed by atoms with Gasteiger partial charge < -0.3 is 9.32 Å². The minimum atomic E-state index is 0.826. The van der Waals surface area contributed by atoms with Crippen molar-refractivity contribution in [1.29, 1.82) is 0 Å². The summed E-state index contributed by atoms with van der Waals surface area (Å²) < 4.78 is 8.84. The lowest BCUT2D eigenvalue weighted by atomic mass is 10.0. The summed E-state index contributed by atoms with van der Waals surface area (Å²) >= 11 is 0. The predicted octanol–water partition coefficient (Wildman–Crippen LogP) is 10.6. The second-order valence-electron chi connectivity index (χ2n) is 10.2. The molecule has 0 unspecified atom stereocenters. The number of aromatic nitrogens is 1. The maximum atomic E-state index is 6.60. The van der Waals surface area contributed by atoms with E-state index in [0.29, 0.717) is 0 Å². The standard InChI is InChI=1S/C38H26N2O/c1-3-11-27(12-4-1)29-19-23-31(24-20-29)39(32-25-21-30(22-26-32)28-13-5-2-6-14-28)37-33-15-7-8-16-34(33)40-35-17-9-10-18-36(35)41-38(37)40/h1-26H. The number of hydrogen-bond acceptors (Lipinski definition) is 2. The number of benzene rings is 6. The summed E-state index contributed by atoms with van der Waals surface area (Å²) in [6, 6.07) is 55.4. The van der Waals surface area contributed by atoms with Crippen molar-refractivity contribution in [3.05, 3.63) is 158 Å². The lowest BCUT2D eigenvalue weighted by molar-refractivity contribution is 0.657. The fourth-order valence-corrected chi connectivity index (χ4v) is 5.86. The first kappa shape index (κ1) is 23.4. The van der Waals surface area contributed by atoms with Gasteiger partial charge >= 0.3 is 0 Å². The number of anilines is 3. The zero-order valence-electron chi connectivity index (χ0n) is 22.3. The van der Waals surface area contributed by atoms with E-state index in [1.807, 2.05) is 12.1 Å². The first-order valence-corrected chi connectivity index (χ1v) is 13.9. The topological polar surface area (TPSA) is 20.8 Å². The SMILES string of the molecule is c1ccc(-c2ccc(N(c3ccc(-c4ccccc4)cc3)c3c4ccccc4n4c3oc3ccccc34)cc2)cc1. The molecule has 0 radical (unpaired) electrons. The Morgan fingerprint density at radius 1 is 0.415 bits per heavy atom. The van der Waals surface area contributed by atoms with Crippen LogP contribution in [-0.4, -0.2) is 4.40 Å². The van der Waals surface area contributed by atoms with Gasteiger partial charge in [0, 0.05) is 16.8 Å². The summed E-state index contributed by atoms with van der Waals surface area (Å²) in [7, 11) is 0. The van der Waals surface area contributed by atoms with Gasteiger partial charge in [0.25, 0.3) is 0 Å². The summed E-state index contributed by atoms with van der Waals surface area (Å²) in [6.45, 7) is 0. The third kappa shape index (κ3) is 3.90. The van der Waals surface area contributed by atoms with Crippen molar-refractivity contribution in [2.45, 2.75) is 0 Å². The van der Waals surface area contributed by atoms with E-state index in [4.69, 9.17) is 4.42 Å². The van der Waals surface area contributed by atoms with Crippen molar-refractivity contribution >= 4 is 44.8 Å². The molecule has 0 N–H and O–H groups in total. The Labute approximate surface area is 238 Å². The molecule has 0 aliphatic heterocycles. The van der Waals surface area contributed by atoms with E-state index < -0.39 is 0 Å². The van der Waals surface area contributed by atoms with E-state index in [-0.39, 0.29) is 0 Å². The van der Waals surface area contributed by atoms with Crippen LogP contribution >= 0.6 is 0 Å². The normalized spacial score (nSPS) is 11.4. The fraction of sp³-hybridized carbons (Fsp3) is 0. The van der Waals surface area contributed by atoms with Gasteiger partial charge in [0.05, 0.1) is 11.0 Å². The first-order valence-electron chi connectivity index (χ1n) is 13.9. The minimum Gasteiger partial charge on any atom is -0.436 e. The van der Waals surface area contributed by atoms with Crippen LogP contribution in [0.25, 0.3) is 50.0 Å². The van der Waals surface area contributed by atoms with Crippen LogP contribution in [0.2, 0.25) is 0 Å². The van der Waals surface area contributed by atoms with Crippen molar-refractivity contribution in [2.24, 2.45) is 0 Å². The highest BCUT2D eigenvalue weighted by atomic mass is 16.3. The molecule has 8 aromatic rings. The van der Waals surface area contributed by atoms with Crippen LogP contribution in [0, 0.1) is 0 Å². The predicted molar refractivity (Wildman–Crippen MR) is 170 cm³/mol. The Kier molecular flexibility index (Phi) is 5.46. The Hall–Kier alpha value is -5.54. The van der Waals surface area contributed by atoms with Gasteiger partial charge in [-0.2, -0.15) is 0 Å². The molecular formula is C38H26N2O. The van der Waals surface area contributed by atoms with Gasteiger partial charge in [0.15, 0.2) is 5.58 Å². The van der Waals surface area contributed by atoms with Gasteiger partial charge in [0.2, 0.25) is 5.71 Å². The summed E-state index contributed by atoms with van der Waals surface area (Å²) in [5.74, 6) is 0. The highest BCUT2D eigenvalue weighted by Crippen LogP contribution is 2.45. The number of rotatable bonds is 5. The number of nitrogens with zero attached hydrogens (tertiary/aromatic N) is 2. The third-order valence-corrected chi connectivity index (χ3v) is 7.81. The molecule has 0 amide bonds. The summed E-state index contributed by atoms with van der Waals surface area (Å²) in [5, 5.41) is 1.14. The molecule has 194 valence electrons. The van der Waals surface area contributed by atoms with Crippen LogP contribution in [0.5, 0.6) is 0 Å². The Bertz CT molecular complexity index is 2040. The molecule has 3 nitrogen and oxygen atoms in total. The fourth-order valence-electron chi connectivity index (χ4n) is 5.86. The largest absolute Gasteiger partial charge is 0.436 e. The van der Waals surface area contributed by atoms with Gasteiger partial charge in [-0.3, -0.25) is 4.40 Å². The molecule has 41 heavy (non-hydrogen) atoms. The van der Waals surface area contributed by atoms with E-state index in [0.717, 1.165) is 44.8 Å². The number of oxazole rings is 1. The molecule has 0 spiro atoms. The summed E-state index contributed by atoms with van der Waals surface area (Å²) in [5.41, 5.74) is 11.8. The molecule has 0 fully saturated rings. The van der Waals surface area contributed by atoms with Crippen LogP contribution in [0.15, 0.2) is 162 Å². The van der Waals surface area contributed by atoms with Crippen LogP contribution in [0.1, 0.15) is 0 Å². The van der Waals surface area contributed by atoms with E-state index in [9.17, 15) is 0 Å². The first-order chi connectivity index (χ1) is 20.3. The quantitative estimate of drug-likeness (QED) is 0.222. The molecule has 0 saturated carbocycles. The van der Waals surface area contributed by atoms with Gasteiger partial charge in [0.1, 0.15) is 5.69 Å². The van der Waals surface area contributed by atoms with E-state index in [2.05, 4.69) is 155 Å². The van der Waals surface area contributed by atoms with Crippen LogP contribution in [0.4, 0.5) is 17.1 Å². The molecule has 3 heteroatoms. The lowest BCUT2D eigenvalue weighted by Crippen LogP contribution is -2.10. The average molecular weight is 527 g/mol. The maximum absolute atomic E-state index is 6.60.